The van der Waals surface area contributed by atoms with E-state index in [0.29, 0.717) is 23.2 Å². The summed E-state index contributed by atoms with van der Waals surface area (Å²) in [4.78, 5) is 16.6. The van der Waals surface area contributed by atoms with E-state index in [1.54, 1.807) is 41.7 Å². The van der Waals surface area contributed by atoms with E-state index in [1.165, 1.54) is 6.92 Å². The number of ether oxygens (including phenoxy) is 1. The molecule has 144 valence electrons. The summed E-state index contributed by atoms with van der Waals surface area (Å²) in [5.74, 6) is 2.21. The van der Waals surface area contributed by atoms with E-state index in [0.717, 1.165) is 16.1 Å². The summed E-state index contributed by atoms with van der Waals surface area (Å²) in [6, 6.07) is 18.6. The fourth-order valence-electron chi connectivity index (χ4n) is 2.58. The molecule has 2 aromatic carbocycles. The number of anilines is 1. The van der Waals surface area contributed by atoms with Crippen molar-refractivity contribution in [3.63, 3.8) is 0 Å². The smallest absolute Gasteiger partial charge is 0.250 e. The number of hydrogen-bond acceptors (Lipinski definition) is 6. The molecule has 4 rings (SSSR count). The van der Waals surface area contributed by atoms with Crippen molar-refractivity contribution in [3.8, 4) is 22.9 Å². The molecule has 0 saturated carbocycles. The number of amides is 1. The lowest BCUT2D eigenvalue weighted by atomic mass is 10.2. The van der Waals surface area contributed by atoms with Crippen LogP contribution in [0.1, 0.15) is 17.7 Å². The average Bonchev–Trinajstić information content (AvgIpc) is 3.40. The van der Waals surface area contributed by atoms with Gasteiger partial charge in [-0.2, -0.15) is 4.98 Å². The number of thiophene rings is 1. The van der Waals surface area contributed by atoms with Gasteiger partial charge in [-0.3, -0.25) is 4.79 Å². The Hall–Kier alpha value is -3.71. The van der Waals surface area contributed by atoms with Gasteiger partial charge in [0, 0.05) is 29.1 Å². The summed E-state index contributed by atoms with van der Waals surface area (Å²) in [6.45, 7) is 1.47. The molecule has 7 heteroatoms. The normalized spacial score (nSPS) is 10.9. The molecule has 0 aliphatic carbocycles. The van der Waals surface area contributed by atoms with Crippen molar-refractivity contribution in [2.75, 3.05) is 5.32 Å². The minimum Gasteiger partial charge on any atom is -0.457 e. The zero-order chi connectivity index (χ0) is 20.1. The van der Waals surface area contributed by atoms with Crippen molar-refractivity contribution >= 4 is 35.1 Å². The molecule has 0 saturated heterocycles. The van der Waals surface area contributed by atoms with Crippen molar-refractivity contribution in [3.05, 3.63) is 76.8 Å². The summed E-state index contributed by atoms with van der Waals surface area (Å²) in [5, 5.41) is 8.76. The Morgan fingerprint density at radius 2 is 1.76 bits per heavy atom. The lowest BCUT2D eigenvalue weighted by Gasteiger charge is -2.07. The highest BCUT2D eigenvalue weighted by molar-refractivity contribution is 7.10. The van der Waals surface area contributed by atoms with Crippen LogP contribution in [0, 0.1) is 0 Å². The predicted octanol–water partition coefficient (Wildman–Crippen LogP) is 5.72. The molecule has 0 atom stereocenters. The zero-order valence-corrected chi connectivity index (χ0v) is 16.3. The molecule has 4 aromatic rings. The molecule has 29 heavy (non-hydrogen) atoms. The van der Waals surface area contributed by atoms with Gasteiger partial charge < -0.3 is 14.6 Å². The standard InChI is InChI=1S/C22H17N3O3S/c1-15(26)23-17-6-10-19(11-7-17)27-18-8-4-16(5-9-18)22-24-21(28-25-22)13-12-20-3-2-14-29-20/h2-14H,1H3,(H,23,26)/b13-12+. The van der Waals surface area contributed by atoms with Gasteiger partial charge in [0.2, 0.25) is 11.7 Å². The van der Waals surface area contributed by atoms with Crippen LogP contribution in [-0.4, -0.2) is 16.0 Å². The van der Waals surface area contributed by atoms with E-state index in [2.05, 4.69) is 15.5 Å². The monoisotopic (exact) mass is 403 g/mol. The van der Waals surface area contributed by atoms with Gasteiger partial charge >= 0.3 is 0 Å². The first-order valence-electron chi connectivity index (χ1n) is 8.87. The van der Waals surface area contributed by atoms with Gasteiger partial charge in [-0.15, -0.1) is 11.3 Å². The van der Waals surface area contributed by atoms with Crippen molar-refractivity contribution in [2.45, 2.75) is 6.92 Å². The highest BCUT2D eigenvalue weighted by Gasteiger charge is 2.07. The summed E-state index contributed by atoms with van der Waals surface area (Å²) in [5.41, 5.74) is 1.55. The molecule has 0 aliphatic heterocycles. The fourth-order valence-corrected chi connectivity index (χ4v) is 3.20. The number of nitrogens with zero attached hydrogens (tertiary/aromatic N) is 2. The minimum atomic E-state index is -0.110. The molecule has 0 bridgehead atoms. The SMILES string of the molecule is CC(=O)Nc1ccc(Oc2ccc(-c3noc(/C=C/c4cccs4)n3)cc2)cc1. The van der Waals surface area contributed by atoms with Gasteiger partial charge in [-0.1, -0.05) is 11.2 Å². The number of rotatable bonds is 6. The number of carbonyl (C=O) groups is 1. The molecule has 0 spiro atoms. The van der Waals surface area contributed by atoms with Crippen LogP contribution in [0.3, 0.4) is 0 Å². The Morgan fingerprint density at radius 1 is 1.03 bits per heavy atom. The highest BCUT2D eigenvalue weighted by atomic mass is 32.1. The van der Waals surface area contributed by atoms with E-state index in [1.807, 2.05) is 47.9 Å². The second-order valence-corrected chi connectivity index (χ2v) is 7.12. The molecule has 1 amide bonds. The summed E-state index contributed by atoms with van der Waals surface area (Å²) in [6.07, 6.45) is 3.74. The third kappa shape index (κ3) is 4.97. The first kappa shape index (κ1) is 18.6. The molecule has 2 heterocycles. The summed E-state index contributed by atoms with van der Waals surface area (Å²) in [7, 11) is 0. The first-order chi connectivity index (χ1) is 14.2. The highest BCUT2D eigenvalue weighted by Crippen LogP contribution is 2.26. The molecule has 2 aromatic heterocycles. The molecular weight excluding hydrogens is 386 g/mol. The van der Waals surface area contributed by atoms with Gasteiger partial charge in [0.1, 0.15) is 11.5 Å². The average molecular weight is 403 g/mol. The number of benzene rings is 2. The van der Waals surface area contributed by atoms with E-state index in [-0.39, 0.29) is 5.91 Å². The van der Waals surface area contributed by atoms with Gasteiger partial charge in [-0.05, 0) is 66.1 Å². The Morgan fingerprint density at radius 3 is 2.41 bits per heavy atom. The predicted molar refractivity (Wildman–Crippen MR) is 114 cm³/mol. The number of hydrogen-bond donors (Lipinski definition) is 1. The number of carbonyl (C=O) groups excluding carboxylic acids is 1. The molecule has 6 nitrogen and oxygen atoms in total. The van der Waals surface area contributed by atoms with Crippen LogP contribution in [-0.2, 0) is 4.79 Å². The molecule has 1 N–H and O–H groups in total. The Labute approximate surface area is 171 Å². The third-order valence-electron chi connectivity index (χ3n) is 3.90. The first-order valence-corrected chi connectivity index (χ1v) is 9.75. The van der Waals surface area contributed by atoms with Crippen LogP contribution >= 0.6 is 11.3 Å². The van der Waals surface area contributed by atoms with Gasteiger partial charge in [-0.25, -0.2) is 0 Å². The van der Waals surface area contributed by atoms with Crippen molar-refractivity contribution in [1.29, 1.82) is 0 Å². The van der Waals surface area contributed by atoms with Crippen LogP contribution in [0.4, 0.5) is 5.69 Å². The van der Waals surface area contributed by atoms with Crippen molar-refractivity contribution < 1.29 is 14.1 Å². The molecule has 0 aliphatic rings. The van der Waals surface area contributed by atoms with E-state index in [9.17, 15) is 4.79 Å². The Balaban J connectivity index is 1.41. The summed E-state index contributed by atoms with van der Waals surface area (Å²) >= 11 is 1.64. The third-order valence-corrected chi connectivity index (χ3v) is 4.74. The minimum absolute atomic E-state index is 0.110. The van der Waals surface area contributed by atoms with Crippen LogP contribution in [0.2, 0.25) is 0 Å². The lowest BCUT2D eigenvalue weighted by molar-refractivity contribution is -0.114. The topological polar surface area (TPSA) is 77.2 Å². The second kappa shape index (κ2) is 8.53. The fraction of sp³-hybridized carbons (Fsp3) is 0.0455. The molecule has 0 fully saturated rings. The van der Waals surface area contributed by atoms with Crippen LogP contribution in [0.5, 0.6) is 11.5 Å². The Bertz CT molecular complexity index is 1120. The number of nitrogens with one attached hydrogen (secondary N) is 1. The Kier molecular flexibility index (Phi) is 5.49. The van der Waals surface area contributed by atoms with Crippen LogP contribution in [0.15, 0.2) is 70.6 Å². The van der Waals surface area contributed by atoms with Crippen molar-refractivity contribution in [1.82, 2.24) is 10.1 Å². The quantitative estimate of drug-likeness (QED) is 0.445. The maximum absolute atomic E-state index is 11.1. The van der Waals surface area contributed by atoms with E-state index in [4.69, 9.17) is 9.26 Å². The molecular formula is C22H17N3O3S. The zero-order valence-electron chi connectivity index (χ0n) is 15.5. The van der Waals surface area contributed by atoms with Crippen molar-refractivity contribution in [2.24, 2.45) is 0 Å². The molecule has 0 radical (unpaired) electrons. The van der Waals surface area contributed by atoms with Gasteiger partial charge in [0.05, 0.1) is 0 Å². The van der Waals surface area contributed by atoms with Gasteiger partial charge in [0.25, 0.3) is 5.89 Å². The van der Waals surface area contributed by atoms with Crippen LogP contribution in [0.25, 0.3) is 23.5 Å². The maximum Gasteiger partial charge on any atom is 0.250 e. The van der Waals surface area contributed by atoms with Crippen LogP contribution < -0.4 is 10.1 Å². The summed E-state index contributed by atoms with van der Waals surface area (Å²) < 4.78 is 11.1. The maximum atomic E-state index is 11.1. The van der Waals surface area contributed by atoms with E-state index < -0.39 is 0 Å². The lowest BCUT2D eigenvalue weighted by Crippen LogP contribution is -2.05. The van der Waals surface area contributed by atoms with E-state index >= 15 is 0 Å². The second-order valence-electron chi connectivity index (χ2n) is 6.14. The largest absolute Gasteiger partial charge is 0.457 e. The molecule has 0 unspecified atom stereocenters. The number of aromatic nitrogens is 2. The van der Waals surface area contributed by atoms with Gasteiger partial charge in [0.15, 0.2) is 0 Å².